The van der Waals surface area contributed by atoms with Gasteiger partial charge in [0, 0.05) is 10.7 Å². The quantitative estimate of drug-likeness (QED) is 0.383. The molecule has 0 aliphatic heterocycles. The molecule has 2 aromatic carbocycles. The number of para-hydroxylation sites is 1. The fourth-order valence-electron chi connectivity index (χ4n) is 2.57. The van der Waals surface area contributed by atoms with Crippen LogP contribution in [0.15, 0.2) is 48.8 Å². The summed E-state index contributed by atoms with van der Waals surface area (Å²) >= 11 is 11.8. The summed E-state index contributed by atoms with van der Waals surface area (Å²) in [4.78, 5) is 20.3. The van der Waals surface area contributed by atoms with Crippen LogP contribution < -0.4 is 26.6 Å². The molecule has 0 radical (unpaired) electrons. The summed E-state index contributed by atoms with van der Waals surface area (Å²) in [6.45, 7) is 1.79. The highest BCUT2D eigenvalue weighted by molar-refractivity contribution is 6.35. The first kappa shape index (κ1) is 21.5. The molecule has 1 amide bonds. The van der Waals surface area contributed by atoms with Crippen molar-refractivity contribution in [3.05, 3.63) is 64.4 Å². The average Bonchev–Trinajstić information content (AvgIpc) is 2.74. The minimum Gasteiger partial charge on any atom is -0.482 e. The number of benzene rings is 2. The second kappa shape index (κ2) is 10.00. The molecule has 30 heavy (non-hydrogen) atoms. The molecule has 0 saturated carbocycles. The molecule has 0 spiro atoms. The van der Waals surface area contributed by atoms with Crippen LogP contribution in [0.25, 0.3) is 0 Å². The van der Waals surface area contributed by atoms with E-state index >= 15 is 0 Å². The minimum atomic E-state index is -0.454. The van der Waals surface area contributed by atoms with Gasteiger partial charge in [0.2, 0.25) is 0 Å². The van der Waals surface area contributed by atoms with Crippen LogP contribution in [0.2, 0.25) is 10.0 Å². The summed E-state index contributed by atoms with van der Waals surface area (Å²) in [6.07, 6.45) is 2.19. The number of hydrazine groups is 1. The number of carbonyl (C=O) groups is 1. The van der Waals surface area contributed by atoms with E-state index in [2.05, 4.69) is 33.1 Å². The molecule has 0 saturated heterocycles. The van der Waals surface area contributed by atoms with E-state index in [0.717, 1.165) is 17.7 Å². The molecule has 0 bridgehead atoms. The minimum absolute atomic E-state index is 0.249. The van der Waals surface area contributed by atoms with E-state index < -0.39 is 5.91 Å². The Hall–Kier alpha value is -3.23. The van der Waals surface area contributed by atoms with Crippen LogP contribution >= 0.6 is 23.2 Å². The van der Waals surface area contributed by atoms with Gasteiger partial charge < -0.3 is 15.8 Å². The number of nitrogen functional groups attached to an aromatic ring is 1. The molecule has 10 heteroatoms. The van der Waals surface area contributed by atoms with Crippen molar-refractivity contribution in [2.75, 3.05) is 23.1 Å². The number of aryl methyl sites for hydroxylation is 1. The lowest BCUT2D eigenvalue weighted by atomic mass is 10.1. The molecule has 3 rings (SSSR count). The summed E-state index contributed by atoms with van der Waals surface area (Å²) in [5.74, 6) is 0.565. The summed E-state index contributed by atoms with van der Waals surface area (Å²) in [5.41, 5.74) is 13.6. The third-order valence-corrected chi connectivity index (χ3v) is 4.64. The van der Waals surface area contributed by atoms with Gasteiger partial charge in [0.15, 0.2) is 18.2 Å². The Morgan fingerprint density at radius 1 is 1.13 bits per heavy atom. The van der Waals surface area contributed by atoms with Gasteiger partial charge in [-0.1, -0.05) is 48.3 Å². The van der Waals surface area contributed by atoms with Crippen molar-refractivity contribution in [3.8, 4) is 5.75 Å². The van der Waals surface area contributed by atoms with E-state index in [9.17, 15) is 4.79 Å². The maximum absolute atomic E-state index is 12.1. The molecular weight excluding hydrogens is 427 g/mol. The number of amides is 1. The smallest absolute Gasteiger partial charge is 0.276 e. The highest BCUT2D eigenvalue weighted by atomic mass is 35.5. The Bertz CT molecular complexity index is 1050. The second-order valence-corrected chi connectivity index (χ2v) is 7.00. The van der Waals surface area contributed by atoms with Gasteiger partial charge in [0.25, 0.3) is 5.91 Å². The first-order chi connectivity index (χ1) is 14.5. The summed E-state index contributed by atoms with van der Waals surface area (Å²) in [7, 11) is 0. The van der Waals surface area contributed by atoms with Crippen molar-refractivity contribution in [2.45, 2.75) is 13.3 Å². The molecule has 5 N–H and O–H groups in total. The number of aromatic nitrogens is 2. The van der Waals surface area contributed by atoms with Gasteiger partial charge in [-0.05, 0) is 36.2 Å². The van der Waals surface area contributed by atoms with Crippen LogP contribution in [0.5, 0.6) is 5.75 Å². The van der Waals surface area contributed by atoms with Crippen LogP contribution in [0.1, 0.15) is 12.5 Å². The van der Waals surface area contributed by atoms with E-state index in [4.69, 9.17) is 33.7 Å². The van der Waals surface area contributed by atoms with E-state index in [1.807, 2.05) is 24.3 Å². The van der Waals surface area contributed by atoms with E-state index in [0.29, 0.717) is 21.6 Å². The molecule has 3 aromatic rings. The molecular formula is C20H20Cl2N6O2. The molecule has 0 unspecified atom stereocenters. The number of anilines is 4. The SMILES string of the molecule is CCc1ccccc1Nc1ncnc(NNC(=O)COc2ccc(Cl)cc2Cl)c1N. The summed E-state index contributed by atoms with van der Waals surface area (Å²) in [6, 6.07) is 12.6. The standard InChI is InChI=1S/C20H20Cl2N6O2/c1-2-12-5-3-4-6-15(12)26-19-18(23)20(25-11-24-19)28-27-17(29)10-30-16-8-7-13(21)9-14(16)22/h3-9,11H,2,10,23H2,1H3,(H,27,29)(H2,24,25,26,28). The molecule has 0 atom stereocenters. The van der Waals surface area contributed by atoms with E-state index in [-0.39, 0.29) is 18.1 Å². The number of hydrogen-bond donors (Lipinski definition) is 4. The zero-order chi connectivity index (χ0) is 21.5. The third-order valence-electron chi connectivity index (χ3n) is 4.11. The Morgan fingerprint density at radius 2 is 1.90 bits per heavy atom. The summed E-state index contributed by atoms with van der Waals surface area (Å²) in [5, 5.41) is 3.99. The lowest BCUT2D eigenvalue weighted by molar-refractivity contribution is -0.122. The molecule has 1 aromatic heterocycles. The van der Waals surface area contributed by atoms with Crippen molar-refractivity contribution < 1.29 is 9.53 Å². The van der Waals surface area contributed by atoms with Crippen molar-refractivity contribution >= 4 is 52.1 Å². The normalized spacial score (nSPS) is 10.4. The molecule has 156 valence electrons. The molecule has 0 aliphatic rings. The first-order valence-electron chi connectivity index (χ1n) is 9.06. The monoisotopic (exact) mass is 446 g/mol. The highest BCUT2D eigenvalue weighted by Crippen LogP contribution is 2.28. The largest absolute Gasteiger partial charge is 0.482 e. The van der Waals surface area contributed by atoms with Gasteiger partial charge in [-0.25, -0.2) is 9.97 Å². The van der Waals surface area contributed by atoms with Gasteiger partial charge in [0.1, 0.15) is 17.8 Å². The predicted molar refractivity (Wildman–Crippen MR) is 119 cm³/mol. The maximum Gasteiger partial charge on any atom is 0.276 e. The molecule has 8 nitrogen and oxygen atoms in total. The Balaban J connectivity index is 1.60. The number of nitrogens with zero attached hydrogens (tertiary/aromatic N) is 2. The van der Waals surface area contributed by atoms with Crippen LogP contribution in [0.4, 0.5) is 23.0 Å². The van der Waals surface area contributed by atoms with Gasteiger partial charge in [0.05, 0.1) is 5.02 Å². The molecule has 0 fully saturated rings. The zero-order valence-corrected chi connectivity index (χ0v) is 17.6. The first-order valence-corrected chi connectivity index (χ1v) is 9.81. The highest BCUT2D eigenvalue weighted by Gasteiger charge is 2.11. The Kier molecular flexibility index (Phi) is 7.16. The van der Waals surface area contributed by atoms with Gasteiger partial charge in [-0.15, -0.1) is 0 Å². The van der Waals surface area contributed by atoms with Gasteiger partial charge in [-0.2, -0.15) is 0 Å². The predicted octanol–water partition coefficient (Wildman–Crippen LogP) is 4.19. The number of hydrogen-bond acceptors (Lipinski definition) is 7. The van der Waals surface area contributed by atoms with Gasteiger partial charge >= 0.3 is 0 Å². The zero-order valence-electron chi connectivity index (χ0n) is 16.1. The molecule has 1 heterocycles. The fourth-order valence-corrected chi connectivity index (χ4v) is 3.04. The number of ether oxygens (including phenoxy) is 1. The van der Waals surface area contributed by atoms with Gasteiger partial charge in [-0.3, -0.25) is 15.6 Å². The van der Waals surface area contributed by atoms with E-state index in [1.54, 1.807) is 12.1 Å². The van der Waals surface area contributed by atoms with Crippen LogP contribution in [-0.2, 0) is 11.2 Å². The Morgan fingerprint density at radius 3 is 2.67 bits per heavy atom. The van der Waals surface area contributed by atoms with Crippen LogP contribution in [-0.4, -0.2) is 22.5 Å². The number of halogens is 2. The maximum atomic E-state index is 12.1. The second-order valence-electron chi connectivity index (χ2n) is 6.16. The van der Waals surface area contributed by atoms with Crippen molar-refractivity contribution in [1.29, 1.82) is 0 Å². The number of nitrogens with one attached hydrogen (secondary N) is 3. The topological polar surface area (TPSA) is 114 Å². The number of nitrogens with two attached hydrogens (primary N) is 1. The van der Waals surface area contributed by atoms with Crippen molar-refractivity contribution in [1.82, 2.24) is 15.4 Å². The van der Waals surface area contributed by atoms with Crippen molar-refractivity contribution in [2.24, 2.45) is 0 Å². The lowest BCUT2D eigenvalue weighted by Gasteiger charge is -2.15. The summed E-state index contributed by atoms with van der Waals surface area (Å²) < 4.78 is 5.38. The molecule has 0 aliphatic carbocycles. The van der Waals surface area contributed by atoms with Crippen LogP contribution in [0, 0.1) is 0 Å². The van der Waals surface area contributed by atoms with E-state index in [1.165, 1.54) is 12.4 Å². The van der Waals surface area contributed by atoms with Crippen molar-refractivity contribution in [3.63, 3.8) is 0 Å². The fraction of sp³-hybridized carbons (Fsp3) is 0.150. The third kappa shape index (κ3) is 5.43. The average molecular weight is 447 g/mol. The Labute approximate surface area is 183 Å². The number of rotatable bonds is 8. The van der Waals surface area contributed by atoms with Crippen LogP contribution in [0.3, 0.4) is 0 Å². The number of carbonyl (C=O) groups excluding carboxylic acids is 1. The lowest BCUT2D eigenvalue weighted by Crippen LogP contribution is -2.34.